The molecule has 1 aromatic rings. The highest BCUT2D eigenvalue weighted by Gasteiger charge is 2.06. The maximum absolute atomic E-state index is 5.45. The molecule has 0 fully saturated rings. The highest BCUT2D eigenvalue weighted by atomic mass is 32.2. The first-order valence-corrected chi connectivity index (χ1v) is 8.30. The lowest BCUT2D eigenvalue weighted by atomic mass is 10.1. The molecule has 0 heterocycles. The fourth-order valence-electron chi connectivity index (χ4n) is 1.81. The normalized spacial score (nSPS) is 12.4. The largest absolute Gasteiger partial charge is 0.496 e. The van der Waals surface area contributed by atoms with E-state index >= 15 is 0 Å². The lowest BCUT2D eigenvalue weighted by molar-refractivity contribution is 0.411. The first kappa shape index (κ1) is 16.4. The molecular formula is C16H27NOS. The number of benzene rings is 1. The van der Waals surface area contributed by atoms with E-state index in [9.17, 15) is 0 Å². The Hall–Kier alpha value is -0.670. The molecule has 3 heteroatoms. The molecule has 0 radical (unpaired) electrons. The van der Waals surface area contributed by atoms with Crippen LogP contribution in [0.2, 0.25) is 0 Å². The number of rotatable bonds is 9. The number of hydrogen-bond donors (Lipinski definition) is 1. The number of hydrogen-bond acceptors (Lipinski definition) is 3. The Morgan fingerprint density at radius 2 is 2.11 bits per heavy atom. The van der Waals surface area contributed by atoms with Crippen molar-refractivity contribution in [1.82, 2.24) is 5.32 Å². The molecule has 0 spiro atoms. The zero-order valence-corrected chi connectivity index (χ0v) is 13.5. The van der Waals surface area contributed by atoms with Crippen molar-refractivity contribution in [3.8, 4) is 5.75 Å². The molecule has 0 amide bonds. The van der Waals surface area contributed by atoms with Gasteiger partial charge >= 0.3 is 0 Å². The minimum absolute atomic E-state index is 0.793. The third-order valence-electron chi connectivity index (χ3n) is 3.28. The Balaban J connectivity index is 2.61. The van der Waals surface area contributed by atoms with Crippen molar-refractivity contribution in [3.05, 3.63) is 29.3 Å². The molecule has 0 aromatic heterocycles. The van der Waals surface area contributed by atoms with E-state index in [4.69, 9.17) is 4.74 Å². The summed E-state index contributed by atoms with van der Waals surface area (Å²) in [5, 5.41) is 3.37. The van der Waals surface area contributed by atoms with Gasteiger partial charge in [-0.15, -0.1) is 0 Å². The summed E-state index contributed by atoms with van der Waals surface area (Å²) in [7, 11) is 1.75. The van der Waals surface area contributed by atoms with Gasteiger partial charge in [0.25, 0.3) is 0 Å². The molecule has 1 N–H and O–H groups in total. The molecule has 0 aliphatic carbocycles. The summed E-state index contributed by atoms with van der Waals surface area (Å²) >= 11 is 2.00. The Bertz CT molecular complexity index is 368. The summed E-state index contributed by atoms with van der Waals surface area (Å²) in [6.07, 6.45) is 1.25. The van der Waals surface area contributed by atoms with Gasteiger partial charge in [0.15, 0.2) is 0 Å². The van der Waals surface area contributed by atoms with Crippen molar-refractivity contribution in [2.75, 3.05) is 19.4 Å². The molecule has 0 aliphatic heterocycles. The molecule has 1 unspecified atom stereocenters. The third kappa shape index (κ3) is 5.87. The lowest BCUT2D eigenvalue weighted by Gasteiger charge is -2.12. The molecular weight excluding hydrogens is 254 g/mol. The van der Waals surface area contributed by atoms with Crippen LogP contribution in [0, 0.1) is 5.92 Å². The molecule has 0 aliphatic rings. The highest BCUT2D eigenvalue weighted by molar-refractivity contribution is 7.98. The number of methoxy groups -OCH3 is 1. The molecule has 1 rings (SSSR count). The van der Waals surface area contributed by atoms with Gasteiger partial charge in [-0.3, -0.25) is 0 Å². The summed E-state index contributed by atoms with van der Waals surface area (Å²) in [6, 6.07) is 6.50. The van der Waals surface area contributed by atoms with Crippen LogP contribution in [-0.2, 0) is 12.3 Å². The maximum Gasteiger partial charge on any atom is 0.122 e. The van der Waals surface area contributed by atoms with E-state index in [0.717, 1.165) is 30.5 Å². The van der Waals surface area contributed by atoms with Crippen LogP contribution in [0.15, 0.2) is 18.2 Å². The number of ether oxygens (including phenoxy) is 1. The van der Waals surface area contributed by atoms with E-state index in [1.54, 1.807) is 7.11 Å². The van der Waals surface area contributed by atoms with Crippen LogP contribution in [0.25, 0.3) is 0 Å². The topological polar surface area (TPSA) is 21.3 Å². The highest BCUT2D eigenvalue weighted by Crippen LogP contribution is 2.26. The van der Waals surface area contributed by atoms with E-state index in [2.05, 4.69) is 44.3 Å². The second-order valence-electron chi connectivity index (χ2n) is 4.96. The molecule has 0 bridgehead atoms. The zero-order valence-electron chi connectivity index (χ0n) is 12.7. The Morgan fingerprint density at radius 1 is 1.32 bits per heavy atom. The first-order valence-electron chi connectivity index (χ1n) is 7.15. The summed E-state index contributed by atoms with van der Waals surface area (Å²) in [5.74, 6) is 4.06. The molecule has 108 valence electrons. The van der Waals surface area contributed by atoms with Crippen LogP contribution < -0.4 is 10.1 Å². The van der Waals surface area contributed by atoms with Crippen LogP contribution in [0.1, 0.15) is 38.3 Å². The average molecular weight is 281 g/mol. The van der Waals surface area contributed by atoms with Gasteiger partial charge in [-0.1, -0.05) is 33.3 Å². The van der Waals surface area contributed by atoms with Crippen molar-refractivity contribution >= 4 is 11.8 Å². The van der Waals surface area contributed by atoms with Crippen molar-refractivity contribution in [2.45, 2.75) is 39.5 Å². The number of thioether (sulfide) groups is 1. The van der Waals surface area contributed by atoms with Gasteiger partial charge in [0.2, 0.25) is 0 Å². The Kier molecular flexibility index (Phi) is 7.99. The second-order valence-corrected chi connectivity index (χ2v) is 5.99. The summed E-state index contributed by atoms with van der Waals surface area (Å²) in [5.41, 5.74) is 2.65. The van der Waals surface area contributed by atoms with Gasteiger partial charge in [0.1, 0.15) is 5.75 Å². The van der Waals surface area contributed by atoms with Crippen molar-refractivity contribution in [2.24, 2.45) is 5.92 Å². The van der Waals surface area contributed by atoms with Gasteiger partial charge in [-0.05, 0) is 35.9 Å². The minimum atomic E-state index is 0.793. The van der Waals surface area contributed by atoms with Crippen molar-refractivity contribution in [1.29, 1.82) is 0 Å². The summed E-state index contributed by atoms with van der Waals surface area (Å²) in [6.45, 7) is 8.63. The second kappa shape index (κ2) is 9.27. The average Bonchev–Trinajstić information content (AvgIpc) is 2.45. The molecule has 1 atom stereocenters. The molecule has 19 heavy (non-hydrogen) atoms. The minimum Gasteiger partial charge on any atom is -0.496 e. The van der Waals surface area contributed by atoms with E-state index in [-0.39, 0.29) is 0 Å². The molecule has 1 aromatic carbocycles. The zero-order chi connectivity index (χ0) is 14.1. The molecule has 0 saturated heterocycles. The summed E-state index contributed by atoms with van der Waals surface area (Å²) < 4.78 is 5.45. The van der Waals surface area contributed by atoms with E-state index in [1.165, 1.54) is 23.3 Å². The maximum atomic E-state index is 5.45. The fraction of sp³-hybridized carbons (Fsp3) is 0.625. The first-order chi connectivity index (χ1) is 9.21. The van der Waals surface area contributed by atoms with Gasteiger partial charge in [0, 0.05) is 17.9 Å². The molecule has 0 saturated carbocycles. The quantitative estimate of drug-likeness (QED) is 0.737. The smallest absolute Gasteiger partial charge is 0.122 e. The van der Waals surface area contributed by atoms with Gasteiger partial charge in [0.05, 0.1) is 7.11 Å². The van der Waals surface area contributed by atoms with Crippen LogP contribution in [0.3, 0.4) is 0 Å². The van der Waals surface area contributed by atoms with E-state index in [1.807, 2.05) is 11.8 Å². The predicted octanol–water partition coefficient (Wildman–Crippen LogP) is 4.08. The van der Waals surface area contributed by atoms with Gasteiger partial charge in [-0.2, -0.15) is 11.8 Å². The third-order valence-corrected chi connectivity index (χ3v) is 4.60. The van der Waals surface area contributed by atoms with Crippen LogP contribution in [-0.4, -0.2) is 19.4 Å². The van der Waals surface area contributed by atoms with E-state index in [0.29, 0.717) is 0 Å². The standard InChI is InChI=1S/C16H27NOS/c1-5-13(3)11-19-12-15-9-14(10-17-6-2)7-8-16(15)18-4/h7-9,13,17H,5-6,10-12H2,1-4H3. The van der Waals surface area contributed by atoms with Crippen LogP contribution in [0.5, 0.6) is 5.75 Å². The summed E-state index contributed by atoms with van der Waals surface area (Å²) in [4.78, 5) is 0. The van der Waals surface area contributed by atoms with Crippen LogP contribution in [0.4, 0.5) is 0 Å². The predicted molar refractivity (Wildman–Crippen MR) is 86.0 cm³/mol. The Labute approximate surface area is 122 Å². The monoisotopic (exact) mass is 281 g/mol. The Morgan fingerprint density at radius 3 is 2.74 bits per heavy atom. The van der Waals surface area contributed by atoms with Crippen LogP contribution >= 0.6 is 11.8 Å². The van der Waals surface area contributed by atoms with Gasteiger partial charge in [-0.25, -0.2) is 0 Å². The number of nitrogens with one attached hydrogen (secondary N) is 1. The van der Waals surface area contributed by atoms with Gasteiger partial charge < -0.3 is 10.1 Å². The lowest BCUT2D eigenvalue weighted by Crippen LogP contribution is -2.11. The molecule has 2 nitrogen and oxygen atoms in total. The van der Waals surface area contributed by atoms with E-state index < -0.39 is 0 Å². The van der Waals surface area contributed by atoms with Crippen molar-refractivity contribution in [3.63, 3.8) is 0 Å². The fourth-order valence-corrected chi connectivity index (χ4v) is 3.01. The van der Waals surface area contributed by atoms with Crippen molar-refractivity contribution < 1.29 is 4.74 Å². The SMILES string of the molecule is CCNCc1ccc(OC)c(CSCC(C)CC)c1.